The number of thioether (sulfide) groups is 1. The molecular formula is C9H13NS. The van der Waals surface area contributed by atoms with Crippen LogP contribution in [-0.4, -0.2) is 17.0 Å². The van der Waals surface area contributed by atoms with E-state index in [2.05, 4.69) is 17.8 Å². The van der Waals surface area contributed by atoms with E-state index in [0.717, 1.165) is 5.75 Å². The van der Waals surface area contributed by atoms with Crippen molar-refractivity contribution in [2.45, 2.75) is 0 Å². The van der Waals surface area contributed by atoms with Crippen LogP contribution in [-0.2, 0) is 0 Å². The Labute approximate surface area is 72.6 Å². The van der Waals surface area contributed by atoms with Gasteiger partial charge in [0, 0.05) is 18.1 Å². The summed E-state index contributed by atoms with van der Waals surface area (Å²) >= 11 is 1.78. The minimum atomic E-state index is 1.07. The Morgan fingerprint density at radius 2 is 2.00 bits per heavy atom. The summed E-state index contributed by atoms with van der Waals surface area (Å²) in [5.41, 5.74) is 0. The van der Waals surface area contributed by atoms with Gasteiger partial charge < -0.3 is 0 Å². The molecule has 0 saturated heterocycles. The Kier molecular flexibility index (Phi) is 8.60. The van der Waals surface area contributed by atoms with Gasteiger partial charge in [0.1, 0.15) is 0 Å². The molecule has 1 aromatic heterocycles. The molecule has 0 atom stereocenters. The van der Waals surface area contributed by atoms with E-state index in [1.165, 1.54) is 0 Å². The fourth-order valence-corrected chi connectivity index (χ4v) is 0.666. The lowest BCUT2D eigenvalue weighted by Crippen LogP contribution is -1.58. The maximum atomic E-state index is 3.78. The number of nitrogens with zero attached hydrogens (tertiary/aromatic N) is 1. The molecule has 0 bridgehead atoms. The third-order valence-electron chi connectivity index (χ3n) is 0.851. The van der Waals surface area contributed by atoms with Crippen molar-refractivity contribution < 1.29 is 0 Å². The van der Waals surface area contributed by atoms with Gasteiger partial charge in [-0.25, -0.2) is 0 Å². The highest BCUT2D eigenvalue weighted by Crippen LogP contribution is 1.87. The highest BCUT2D eigenvalue weighted by atomic mass is 32.2. The molecule has 1 nitrogen and oxygen atoms in total. The Morgan fingerprint density at radius 3 is 2.09 bits per heavy atom. The van der Waals surface area contributed by atoms with Gasteiger partial charge in [-0.2, -0.15) is 11.8 Å². The standard InChI is InChI=1S/C5H5N.C4H8S/c1-2-4-6-5-3-1;1-3-4-5-2/h1-5H;3H,1,4H2,2H3. The molecule has 0 unspecified atom stereocenters. The van der Waals surface area contributed by atoms with Crippen molar-refractivity contribution in [3.05, 3.63) is 43.2 Å². The van der Waals surface area contributed by atoms with Crippen molar-refractivity contribution >= 4 is 11.8 Å². The third-order valence-corrected chi connectivity index (χ3v) is 1.42. The van der Waals surface area contributed by atoms with Crippen LogP contribution >= 0.6 is 11.8 Å². The van der Waals surface area contributed by atoms with E-state index in [1.807, 2.05) is 24.3 Å². The van der Waals surface area contributed by atoms with E-state index in [0.29, 0.717) is 0 Å². The van der Waals surface area contributed by atoms with E-state index in [-0.39, 0.29) is 0 Å². The van der Waals surface area contributed by atoms with Crippen LogP contribution in [0.2, 0.25) is 0 Å². The van der Waals surface area contributed by atoms with Crippen molar-refractivity contribution in [1.29, 1.82) is 0 Å². The fraction of sp³-hybridized carbons (Fsp3) is 0.222. The summed E-state index contributed by atoms with van der Waals surface area (Å²) < 4.78 is 0. The summed E-state index contributed by atoms with van der Waals surface area (Å²) in [6, 6.07) is 5.72. The molecule has 0 amide bonds. The van der Waals surface area contributed by atoms with Gasteiger partial charge in [0.05, 0.1) is 0 Å². The van der Waals surface area contributed by atoms with E-state index in [9.17, 15) is 0 Å². The lowest BCUT2D eigenvalue weighted by Gasteiger charge is -1.74. The molecule has 1 rings (SSSR count). The average molecular weight is 167 g/mol. The molecule has 0 aliphatic heterocycles. The highest BCUT2D eigenvalue weighted by molar-refractivity contribution is 7.98. The van der Waals surface area contributed by atoms with E-state index in [4.69, 9.17) is 0 Å². The number of aromatic nitrogens is 1. The molecule has 60 valence electrons. The van der Waals surface area contributed by atoms with Crippen LogP contribution in [0.1, 0.15) is 0 Å². The Balaban J connectivity index is 0.000000187. The van der Waals surface area contributed by atoms with Crippen molar-refractivity contribution in [1.82, 2.24) is 4.98 Å². The average Bonchev–Trinajstić information content (AvgIpc) is 2.10. The first kappa shape index (κ1) is 10.2. The van der Waals surface area contributed by atoms with Gasteiger partial charge in [0.15, 0.2) is 0 Å². The smallest absolute Gasteiger partial charge is 0.0267 e. The van der Waals surface area contributed by atoms with Crippen LogP contribution in [0.4, 0.5) is 0 Å². The second kappa shape index (κ2) is 9.24. The molecule has 0 saturated carbocycles. The van der Waals surface area contributed by atoms with Gasteiger partial charge in [0.25, 0.3) is 0 Å². The Morgan fingerprint density at radius 1 is 1.36 bits per heavy atom. The molecule has 1 heterocycles. The topological polar surface area (TPSA) is 12.9 Å². The Bertz CT molecular complexity index is 136. The van der Waals surface area contributed by atoms with Crippen molar-refractivity contribution in [3.8, 4) is 0 Å². The fourth-order valence-electron chi connectivity index (χ4n) is 0.430. The molecule has 2 heteroatoms. The molecule has 11 heavy (non-hydrogen) atoms. The van der Waals surface area contributed by atoms with Gasteiger partial charge in [0.2, 0.25) is 0 Å². The molecular weight excluding hydrogens is 154 g/mol. The van der Waals surface area contributed by atoms with E-state index < -0.39 is 0 Å². The highest BCUT2D eigenvalue weighted by Gasteiger charge is 1.60. The second-order valence-electron chi connectivity index (χ2n) is 1.77. The lowest BCUT2D eigenvalue weighted by atomic mass is 10.5. The molecule has 1 aromatic rings. The second-order valence-corrected chi connectivity index (χ2v) is 2.68. The minimum Gasteiger partial charge on any atom is -0.265 e. The third kappa shape index (κ3) is 9.24. The van der Waals surface area contributed by atoms with Crippen LogP contribution in [0.3, 0.4) is 0 Å². The van der Waals surface area contributed by atoms with Crippen molar-refractivity contribution in [2.75, 3.05) is 12.0 Å². The van der Waals surface area contributed by atoms with Crippen LogP contribution < -0.4 is 0 Å². The SMILES string of the molecule is C=CCSC.c1ccncc1. The van der Waals surface area contributed by atoms with Gasteiger partial charge in [-0.15, -0.1) is 6.58 Å². The van der Waals surface area contributed by atoms with Crippen molar-refractivity contribution in [2.24, 2.45) is 0 Å². The summed E-state index contributed by atoms with van der Waals surface area (Å²) in [4.78, 5) is 3.78. The summed E-state index contributed by atoms with van der Waals surface area (Å²) in [5.74, 6) is 1.07. The van der Waals surface area contributed by atoms with Crippen LogP contribution in [0.5, 0.6) is 0 Å². The van der Waals surface area contributed by atoms with Crippen LogP contribution in [0.15, 0.2) is 43.2 Å². The van der Waals surface area contributed by atoms with E-state index in [1.54, 1.807) is 24.2 Å². The maximum Gasteiger partial charge on any atom is 0.0267 e. The summed E-state index contributed by atoms with van der Waals surface area (Å²) in [6.07, 6.45) is 7.45. The zero-order valence-electron chi connectivity index (χ0n) is 6.73. The van der Waals surface area contributed by atoms with E-state index >= 15 is 0 Å². The van der Waals surface area contributed by atoms with Crippen LogP contribution in [0, 0.1) is 0 Å². The quantitative estimate of drug-likeness (QED) is 0.628. The minimum absolute atomic E-state index is 1.07. The number of hydrogen-bond donors (Lipinski definition) is 0. The van der Waals surface area contributed by atoms with Crippen molar-refractivity contribution in [3.63, 3.8) is 0 Å². The maximum absolute atomic E-state index is 3.78. The molecule has 0 radical (unpaired) electrons. The first-order valence-corrected chi connectivity index (χ1v) is 4.76. The van der Waals surface area contributed by atoms with Gasteiger partial charge in [-0.1, -0.05) is 12.1 Å². The summed E-state index contributed by atoms with van der Waals surface area (Å²) in [5, 5.41) is 0. The first-order valence-electron chi connectivity index (χ1n) is 3.36. The Hall–Kier alpha value is -0.760. The first-order chi connectivity index (χ1) is 5.41. The summed E-state index contributed by atoms with van der Waals surface area (Å²) in [6.45, 7) is 3.53. The molecule has 0 aliphatic carbocycles. The molecule has 0 fully saturated rings. The van der Waals surface area contributed by atoms with Gasteiger partial charge in [-0.05, 0) is 18.4 Å². The summed E-state index contributed by atoms with van der Waals surface area (Å²) in [7, 11) is 0. The number of pyridine rings is 1. The molecule has 0 N–H and O–H groups in total. The van der Waals surface area contributed by atoms with Crippen LogP contribution in [0.25, 0.3) is 0 Å². The largest absolute Gasteiger partial charge is 0.265 e. The number of rotatable bonds is 2. The predicted molar refractivity (Wildman–Crippen MR) is 52.8 cm³/mol. The van der Waals surface area contributed by atoms with Gasteiger partial charge >= 0.3 is 0 Å². The molecule has 0 spiro atoms. The normalized spacial score (nSPS) is 7.73. The van der Waals surface area contributed by atoms with Gasteiger partial charge in [-0.3, -0.25) is 4.98 Å². The monoisotopic (exact) mass is 167 g/mol. The number of hydrogen-bond acceptors (Lipinski definition) is 2. The predicted octanol–water partition coefficient (Wildman–Crippen LogP) is 2.62. The molecule has 0 aliphatic rings. The lowest BCUT2D eigenvalue weighted by molar-refractivity contribution is 1.33. The molecule has 0 aromatic carbocycles. The zero-order chi connectivity index (χ0) is 8.36. The zero-order valence-corrected chi connectivity index (χ0v) is 7.55.